The van der Waals surface area contributed by atoms with Gasteiger partial charge in [0.2, 0.25) is 5.88 Å². The summed E-state index contributed by atoms with van der Waals surface area (Å²) in [5.41, 5.74) is 2.77. The molecule has 5 rings (SSSR count). The number of aliphatic hydroxyl groups excluding tert-OH is 2. The van der Waals surface area contributed by atoms with Crippen molar-refractivity contribution in [2.45, 2.75) is 31.1 Å². The minimum Gasteiger partial charge on any atom is -0.492 e. The fraction of sp³-hybridized carbons (Fsp3) is 0.273. The normalized spacial score (nSPS) is 22.8. The smallest absolute Gasteiger partial charge is 0.242 e. The number of benzene rings is 1. The second-order valence-corrected chi connectivity index (χ2v) is 7.62. The van der Waals surface area contributed by atoms with Crippen LogP contribution in [0.15, 0.2) is 55.4 Å². The molecule has 0 spiro atoms. The minimum absolute atomic E-state index is 0.147. The Bertz CT molecular complexity index is 1270. The standard InChI is InChI=1S/C22H20FN5O5/c23-15-5-14(6-24-7-15)13-3-1-12(2-4-13)9-32-19-18(30)16(8-29)33-22(19)28-11-27-17-20(28)25-10-26-21(17)31/h1-7,10-11,16,18-19,22,29-30H,8-9H2,(H,25,26,31)/t16-,18?,19?,22-/m1/s1. The number of aromatic nitrogens is 5. The summed E-state index contributed by atoms with van der Waals surface area (Å²) in [7, 11) is 0. The average Bonchev–Trinajstić information content (AvgIpc) is 3.39. The number of aromatic hydroxyl groups is 1. The van der Waals surface area contributed by atoms with Crippen LogP contribution in [0.2, 0.25) is 0 Å². The van der Waals surface area contributed by atoms with Crippen LogP contribution in [0.3, 0.4) is 0 Å². The summed E-state index contributed by atoms with van der Waals surface area (Å²) in [6.45, 7) is -0.255. The molecule has 3 aromatic heterocycles. The molecular formula is C22H20FN5O5. The number of fused-ring (bicyclic) bond motifs is 1. The Balaban J connectivity index is 1.36. The molecule has 0 amide bonds. The molecule has 4 atom stereocenters. The molecule has 0 bridgehead atoms. The Morgan fingerprint density at radius 2 is 1.91 bits per heavy atom. The van der Waals surface area contributed by atoms with Crippen LogP contribution in [-0.2, 0) is 16.1 Å². The lowest BCUT2D eigenvalue weighted by Crippen LogP contribution is -2.35. The molecule has 0 saturated carbocycles. The molecule has 4 heterocycles. The van der Waals surface area contributed by atoms with Crippen LogP contribution in [0.25, 0.3) is 22.3 Å². The monoisotopic (exact) mass is 453 g/mol. The van der Waals surface area contributed by atoms with E-state index in [1.165, 1.54) is 23.3 Å². The van der Waals surface area contributed by atoms with Crippen molar-refractivity contribution in [1.82, 2.24) is 24.5 Å². The largest absolute Gasteiger partial charge is 0.492 e. The molecule has 1 fully saturated rings. The van der Waals surface area contributed by atoms with E-state index in [1.54, 1.807) is 6.20 Å². The molecule has 170 valence electrons. The number of hydrogen-bond donors (Lipinski definition) is 3. The fourth-order valence-electron chi connectivity index (χ4n) is 3.85. The Morgan fingerprint density at radius 3 is 2.67 bits per heavy atom. The zero-order valence-electron chi connectivity index (χ0n) is 17.2. The van der Waals surface area contributed by atoms with Crippen molar-refractivity contribution in [2.24, 2.45) is 0 Å². The first-order valence-corrected chi connectivity index (χ1v) is 10.2. The van der Waals surface area contributed by atoms with Gasteiger partial charge in [0.25, 0.3) is 0 Å². The number of rotatable bonds is 6. The summed E-state index contributed by atoms with van der Waals surface area (Å²) >= 11 is 0. The maximum atomic E-state index is 13.4. The van der Waals surface area contributed by atoms with Crippen LogP contribution in [0, 0.1) is 5.82 Å². The topological polar surface area (TPSA) is 136 Å². The maximum absolute atomic E-state index is 13.4. The highest BCUT2D eigenvalue weighted by Crippen LogP contribution is 2.35. The van der Waals surface area contributed by atoms with Gasteiger partial charge in [-0.05, 0) is 17.2 Å². The number of halogens is 1. The Labute approximate surface area is 186 Å². The van der Waals surface area contributed by atoms with Gasteiger partial charge in [-0.15, -0.1) is 0 Å². The highest BCUT2D eigenvalue weighted by molar-refractivity contribution is 5.75. The molecule has 4 aromatic rings. The highest BCUT2D eigenvalue weighted by Gasteiger charge is 2.46. The first-order valence-electron chi connectivity index (χ1n) is 10.2. The molecule has 1 aliphatic rings. The van der Waals surface area contributed by atoms with E-state index < -0.39 is 37.0 Å². The van der Waals surface area contributed by atoms with Crippen LogP contribution < -0.4 is 0 Å². The Hall–Kier alpha value is -3.51. The summed E-state index contributed by atoms with van der Waals surface area (Å²) in [5, 5.41) is 30.2. The van der Waals surface area contributed by atoms with Gasteiger partial charge in [-0.3, -0.25) is 9.55 Å². The molecule has 1 saturated heterocycles. The first-order chi connectivity index (χ1) is 16.0. The molecular weight excluding hydrogens is 433 g/mol. The van der Waals surface area contributed by atoms with Gasteiger partial charge in [-0.25, -0.2) is 14.4 Å². The van der Waals surface area contributed by atoms with Crippen LogP contribution in [0.4, 0.5) is 4.39 Å². The predicted octanol–water partition coefficient (Wildman–Crippen LogP) is 1.57. The second kappa shape index (κ2) is 8.79. The zero-order chi connectivity index (χ0) is 22.9. The molecule has 11 heteroatoms. The SMILES string of the molecule is OC[C@H]1O[C@@H](n2cnc3c(O)ncnc32)C(OCc2ccc(-c3cncc(F)c3)cc2)C1O. The van der Waals surface area contributed by atoms with Crippen molar-refractivity contribution >= 4 is 11.2 Å². The number of pyridine rings is 1. The Kier molecular flexibility index (Phi) is 5.68. The molecule has 3 N–H and O–H groups in total. The van der Waals surface area contributed by atoms with Gasteiger partial charge >= 0.3 is 0 Å². The summed E-state index contributed by atoms with van der Waals surface area (Å²) in [4.78, 5) is 15.8. The van der Waals surface area contributed by atoms with E-state index in [1.807, 2.05) is 24.3 Å². The van der Waals surface area contributed by atoms with Crippen molar-refractivity contribution in [3.63, 3.8) is 0 Å². The zero-order valence-corrected chi connectivity index (χ0v) is 17.2. The summed E-state index contributed by atoms with van der Waals surface area (Å²) in [6, 6.07) is 8.72. The van der Waals surface area contributed by atoms with Crippen LogP contribution >= 0.6 is 0 Å². The molecule has 1 aromatic carbocycles. The van der Waals surface area contributed by atoms with Crippen molar-refractivity contribution in [1.29, 1.82) is 0 Å². The number of nitrogens with zero attached hydrogens (tertiary/aromatic N) is 5. The van der Waals surface area contributed by atoms with E-state index >= 15 is 0 Å². The van der Waals surface area contributed by atoms with Crippen molar-refractivity contribution in [3.05, 3.63) is 66.8 Å². The van der Waals surface area contributed by atoms with Crippen molar-refractivity contribution in [3.8, 4) is 17.0 Å². The molecule has 0 radical (unpaired) electrons. The van der Waals surface area contributed by atoms with Crippen LogP contribution in [-0.4, -0.2) is 64.7 Å². The average molecular weight is 453 g/mol. The van der Waals surface area contributed by atoms with Crippen molar-refractivity contribution < 1.29 is 29.2 Å². The third-order valence-electron chi connectivity index (χ3n) is 5.54. The van der Waals surface area contributed by atoms with Gasteiger partial charge in [0, 0.05) is 11.8 Å². The fourth-order valence-corrected chi connectivity index (χ4v) is 3.85. The van der Waals surface area contributed by atoms with E-state index in [0.29, 0.717) is 11.2 Å². The van der Waals surface area contributed by atoms with E-state index in [-0.39, 0.29) is 18.0 Å². The van der Waals surface area contributed by atoms with Gasteiger partial charge in [-0.1, -0.05) is 24.3 Å². The van der Waals surface area contributed by atoms with E-state index in [0.717, 1.165) is 17.3 Å². The van der Waals surface area contributed by atoms with Gasteiger partial charge < -0.3 is 24.8 Å². The summed E-state index contributed by atoms with van der Waals surface area (Å²) in [6.07, 6.45) is 1.68. The summed E-state index contributed by atoms with van der Waals surface area (Å²) < 4.78 is 26.8. The number of ether oxygens (including phenoxy) is 2. The number of hydrogen-bond acceptors (Lipinski definition) is 9. The van der Waals surface area contributed by atoms with Gasteiger partial charge in [-0.2, -0.15) is 4.98 Å². The van der Waals surface area contributed by atoms with Gasteiger partial charge in [0.1, 0.15) is 30.5 Å². The van der Waals surface area contributed by atoms with Gasteiger partial charge in [0.15, 0.2) is 17.4 Å². The van der Waals surface area contributed by atoms with Crippen molar-refractivity contribution in [2.75, 3.05) is 6.61 Å². The predicted molar refractivity (Wildman–Crippen MR) is 112 cm³/mol. The summed E-state index contributed by atoms with van der Waals surface area (Å²) in [5.74, 6) is -0.688. The van der Waals surface area contributed by atoms with E-state index in [2.05, 4.69) is 19.9 Å². The highest BCUT2D eigenvalue weighted by atomic mass is 19.1. The molecule has 2 unspecified atom stereocenters. The third-order valence-corrected chi connectivity index (χ3v) is 5.54. The van der Waals surface area contributed by atoms with E-state index in [9.17, 15) is 19.7 Å². The van der Waals surface area contributed by atoms with E-state index in [4.69, 9.17) is 9.47 Å². The second-order valence-electron chi connectivity index (χ2n) is 7.62. The Morgan fingerprint density at radius 1 is 1.09 bits per heavy atom. The molecule has 0 aliphatic carbocycles. The minimum atomic E-state index is -1.11. The van der Waals surface area contributed by atoms with Crippen LogP contribution in [0.5, 0.6) is 5.88 Å². The van der Waals surface area contributed by atoms with Crippen LogP contribution in [0.1, 0.15) is 11.8 Å². The lowest BCUT2D eigenvalue weighted by molar-refractivity contribution is -0.0761. The lowest BCUT2D eigenvalue weighted by Gasteiger charge is -2.22. The number of aliphatic hydroxyl groups is 2. The first kappa shape index (κ1) is 21.3. The molecule has 1 aliphatic heterocycles. The molecule has 10 nitrogen and oxygen atoms in total. The van der Waals surface area contributed by atoms with Gasteiger partial charge in [0.05, 0.1) is 25.7 Å². The third kappa shape index (κ3) is 4.02. The number of imidazole rings is 1. The maximum Gasteiger partial charge on any atom is 0.242 e. The lowest BCUT2D eigenvalue weighted by atomic mass is 10.1. The molecule has 33 heavy (non-hydrogen) atoms. The quantitative estimate of drug-likeness (QED) is 0.397.